The Kier molecular flexibility index (Phi) is 4.29. The molecular formula is C13H14F2N2O3S. The summed E-state index contributed by atoms with van der Waals surface area (Å²) in [6.45, 7) is 1.65. The highest BCUT2D eigenvalue weighted by molar-refractivity contribution is 7.89. The van der Waals surface area contributed by atoms with Crippen molar-refractivity contribution in [3.05, 3.63) is 47.9 Å². The van der Waals surface area contributed by atoms with Gasteiger partial charge in [0, 0.05) is 6.54 Å². The quantitative estimate of drug-likeness (QED) is 0.859. The second-order valence-electron chi connectivity index (χ2n) is 4.28. The minimum absolute atomic E-state index is 0.0530. The van der Waals surface area contributed by atoms with E-state index in [-0.39, 0.29) is 13.1 Å². The van der Waals surface area contributed by atoms with Gasteiger partial charge in [-0.15, -0.1) is 0 Å². The summed E-state index contributed by atoms with van der Waals surface area (Å²) >= 11 is 0. The molecule has 0 fully saturated rings. The number of halogens is 2. The lowest BCUT2D eigenvalue weighted by molar-refractivity contribution is 0.373. The summed E-state index contributed by atoms with van der Waals surface area (Å²) in [5, 5.41) is 0. The van der Waals surface area contributed by atoms with Gasteiger partial charge in [-0.1, -0.05) is 6.92 Å². The summed E-state index contributed by atoms with van der Waals surface area (Å²) in [4.78, 5) is -0.658. The van der Waals surface area contributed by atoms with Crippen LogP contribution in [0.5, 0.6) is 0 Å². The summed E-state index contributed by atoms with van der Waals surface area (Å²) in [5.41, 5.74) is 4.39. The average Bonchev–Trinajstić information content (AvgIpc) is 2.94. The minimum Gasteiger partial charge on any atom is -0.468 e. The molecule has 0 amide bonds. The first-order chi connectivity index (χ1) is 9.87. The molecule has 2 aromatic rings. The number of hydrogen-bond donors (Lipinski definition) is 1. The second-order valence-corrected chi connectivity index (χ2v) is 6.19. The maximum atomic E-state index is 13.9. The zero-order chi connectivity index (χ0) is 15.6. The van der Waals surface area contributed by atoms with E-state index in [2.05, 4.69) is 0 Å². The van der Waals surface area contributed by atoms with Crippen LogP contribution in [0, 0.1) is 11.6 Å². The fourth-order valence-electron chi connectivity index (χ4n) is 1.83. The number of nitrogen functional groups attached to an aromatic ring is 1. The lowest BCUT2D eigenvalue weighted by atomic mass is 10.3. The Morgan fingerprint density at radius 1 is 1.29 bits per heavy atom. The molecule has 0 bridgehead atoms. The average molecular weight is 316 g/mol. The molecule has 0 aliphatic carbocycles. The first kappa shape index (κ1) is 15.5. The zero-order valence-electron chi connectivity index (χ0n) is 11.2. The molecule has 0 saturated carbocycles. The third-order valence-electron chi connectivity index (χ3n) is 2.97. The van der Waals surface area contributed by atoms with E-state index in [1.807, 2.05) is 0 Å². The third kappa shape index (κ3) is 2.91. The maximum absolute atomic E-state index is 13.9. The molecule has 0 spiro atoms. The van der Waals surface area contributed by atoms with Crippen LogP contribution in [-0.2, 0) is 16.6 Å². The van der Waals surface area contributed by atoms with E-state index >= 15 is 0 Å². The SMILES string of the molecule is CCN(Cc1ccco1)S(=O)(=O)c1ccc(F)c(N)c1F. The molecule has 114 valence electrons. The maximum Gasteiger partial charge on any atom is 0.246 e. The van der Waals surface area contributed by atoms with Gasteiger partial charge in [0.05, 0.1) is 12.8 Å². The Bertz CT molecular complexity index is 730. The van der Waals surface area contributed by atoms with Crippen molar-refractivity contribution in [2.45, 2.75) is 18.4 Å². The predicted octanol–water partition coefficient (Wildman–Crippen LogP) is 2.35. The van der Waals surface area contributed by atoms with Crippen LogP contribution >= 0.6 is 0 Å². The molecule has 0 saturated heterocycles. The molecule has 1 aromatic carbocycles. The van der Waals surface area contributed by atoms with Crippen molar-refractivity contribution in [2.75, 3.05) is 12.3 Å². The highest BCUT2D eigenvalue weighted by Crippen LogP contribution is 2.26. The summed E-state index contributed by atoms with van der Waals surface area (Å²) in [6, 6.07) is 4.91. The molecule has 0 aliphatic rings. The largest absolute Gasteiger partial charge is 0.468 e. The lowest BCUT2D eigenvalue weighted by Gasteiger charge is -2.20. The van der Waals surface area contributed by atoms with E-state index < -0.39 is 32.2 Å². The van der Waals surface area contributed by atoms with Crippen LogP contribution in [-0.4, -0.2) is 19.3 Å². The van der Waals surface area contributed by atoms with Crippen molar-refractivity contribution in [3.63, 3.8) is 0 Å². The van der Waals surface area contributed by atoms with Gasteiger partial charge in [0.15, 0.2) is 5.82 Å². The highest BCUT2D eigenvalue weighted by Gasteiger charge is 2.29. The van der Waals surface area contributed by atoms with Gasteiger partial charge >= 0.3 is 0 Å². The van der Waals surface area contributed by atoms with Gasteiger partial charge in [-0.2, -0.15) is 4.31 Å². The fourth-order valence-corrected chi connectivity index (χ4v) is 3.32. The third-order valence-corrected chi connectivity index (χ3v) is 4.91. The number of anilines is 1. The number of hydrogen-bond acceptors (Lipinski definition) is 4. The minimum atomic E-state index is -4.15. The first-order valence-electron chi connectivity index (χ1n) is 6.14. The number of sulfonamides is 1. The molecule has 2 rings (SSSR count). The number of nitrogens with two attached hydrogens (primary N) is 1. The number of benzene rings is 1. The smallest absolute Gasteiger partial charge is 0.246 e. The molecule has 0 radical (unpaired) electrons. The van der Waals surface area contributed by atoms with E-state index in [4.69, 9.17) is 10.2 Å². The molecule has 2 N–H and O–H groups in total. The normalized spacial score (nSPS) is 12.0. The van der Waals surface area contributed by atoms with Gasteiger partial charge in [-0.3, -0.25) is 0 Å². The molecule has 1 heterocycles. The zero-order valence-corrected chi connectivity index (χ0v) is 12.0. The highest BCUT2D eigenvalue weighted by atomic mass is 32.2. The Balaban J connectivity index is 2.42. The Labute approximate surface area is 121 Å². The van der Waals surface area contributed by atoms with Crippen LogP contribution in [0.4, 0.5) is 14.5 Å². The first-order valence-corrected chi connectivity index (χ1v) is 7.58. The number of nitrogens with zero attached hydrogens (tertiary/aromatic N) is 1. The van der Waals surface area contributed by atoms with Crippen LogP contribution in [0.15, 0.2) is 39.8 Å². The summed E-state index contributed by atoms with van der Waals surface area (Å²) in [7, 11) is -4.15. The number of rotatable bonds is 5. The van der Waals surface area contributed by atoms with E-state index in [0.29, 0.717) is 5.76 Å². The Hall–Kier alpha value is -1.93. The van der Waals surface area contributed by atoms with Gasteiger partial charge in [-0.25, -0.2) is 17.2 Å². The van der Waals surface area contributed by atoms with Gasteiger partial charge < -0.3 is 10.2 Å². The molecule has 0 atom stereocenters. The molecule has 0 aliphatic heterocycles. The standard InChI is InChI=1S/C13H14F2N2O3S/c1-2-17(8-9-4-3-7-20-9)21(18,19)11-6-5-10(14)13(16)12(11)15/h3-7H,2,8,16H2,1H3. The fraction of sp³-hybridized carbons (Fsp3) is 0.231. The van der Waals surface area contributed by atoms with Gasteiger partial charge in [0.1, 0.15) is 22.2 Å². The van der Waals surface area contributed by atoms with Gasteiger partial charge in [0.2, 0.25) is 10.0 Å². The molecule has 8 heteroatoms. The van der Waals surface area contributed by atoms with Crippen molar-refractivity contribution >= 4 is 15.7 Å². The lowest BCUT2D eigenvalue weighted by Crippen LogP contribution is -2.31. The van der Waals surface area contributed by atoms with Crippen molar-refractivity contribution in [2.24, 2.45) is 0 Å². The molecule has 1 aromatic heterocycles. The van der Waals surface area contributed by atoms with E-state index in [1.165, 1.54) is 6.26 Å². The van der Waals surface area contributed by atoms with Gasteiger partial charge in [-0.05, 0) is 24.3 Å². The van der Waals surface area contributed by atoms with E-state index in [9.17, 15) is 17.2 Å². The molecule has 0 unspecified atom stereocenters. The van der Waals surface area contributed by atoms with Crippen LogP contribution in [0.25, 0.3) is 0 Å². The summed E-state index contributed by atoms with van der Waals surface area (Å²) < 4.78 is 58.1. The molecule has 5 nitrogen and oxygen atoms in total. The van der Waals surface area contributed by atoms with Crippen molar-refractivity contribution < 1.29 is 21.6 Å². The van der Waals surface area contributed by atoms with Crippen LogP contribution < -0.4 is 5.73 Å². The van der Waals surface area contributed by atoms with Gasteiger partial charge in [0.25, 0.3) is 0 Å². The Morgan fingerprint density at radius 3 is 2.57 bits per heavy atom. The summed E-state index contributed by atoms with van der Waals surface area (Å²) in [5.74, 6) is -1.87. The topological polar surface area (TPSA) is 76.5 Å². The number of furan rings is 1. The predicted molar refractivity (Wildman–Crippen MR) is 72.7 cm³/mol. The monoisotopic (exact) mass is 316 g/mol. The van der Waals surface area contributed by atoms with Crippen molar-refractivity contribution in [1.82, 2.24) is 4.31 Å². The van der Waals surface area contributed by atoms with Crippen molar-refractivity contribution in [3.8, 4) is 0 Å². The summed E-state index contributed by atoms with van der Waals surface area (Å²) in [6.07, 6.45) is 1.41. The van der Waals surface area contributed by atoms with Crippen molar-refractivity contribution in [1.29, 1.82) is 0 Å². The van der Waals surface area contributed by atoms with Crippen LogP contribution in [0.2, 0.25) is 0 Å². The second kappa shape index (κ2) is 5.82. The van der Waals surface area contributed by atoms with Crippen LogP contribution in [0.3, 0.4) is 0 Å². The Morgan fingerprint density at radius 2 is 2.00 bits per heavy atom. The van der Waals surface area contributed by atoms with E-state index in [1.54, 1.807) is 19.1 Å². The van der Waals surface area contributed by atoms with Crippen LogP contribution in [0.1, 0.15) is 12.7 Å². The molecular weight excluding hydrogens is 302 g/mol. The molecule has 21 heavy (non-hydrogen) atoms. The van der Waals surface area contributed by atoms with E-state index in [0.717, 1.165) is 16.4 Å².